The van der Waals surface area contributed by atoms with Crippen molar-refractivity contribution in [2.45, 2.75) is 44.3 Å². The number of rotatable bonds is 7. The molecule has 2 fully saturated rings. The van der Waals surface area contributed by atoms with Gasteiger partial charge >= 0.3 is 5.76 Å². The van der Waals surface area contributed by atoms with Gasteiger partial charge in [0.15, 0.2) is 5.82 Å². The lowest BCUT2D eigenvalue weighted by Gasteiger charge is -2.32. The van der Waals surface area contributed by atoms with Gasteiger partial charge in [-0.1, -0.05) is 39.6 Å². The number of anilines is 1. The minimum Gasteiger partial charge on any atom is -0.373 e. The van der Waals surface area contributed by atoms with E-state index >= 15 is 0 Å². The number of H-pyrrole nitrogens is 1. The lowest BCUT2D eigenvalue weighted by Crippen LogP contribution is -2.37. The zero-order valence-corrected chi connectivity index (χ0v) is 20.8. The second kappa shape index (κ2) is 9.72. The number of nitrogens with zero attached hydrogens (tertiary/aromatic N) is 4. The monoisotopic (exact) mass is 527 g/mol. The zero-order chi connectivity index (χ0) is 24.6. The molecule has 11 heteroatoms. The fourth-order valence-electron chi connectivity index (χ4n) is 4.57. The van der Waals surface area contributed by atoms with Crippen molar-refractivity contribution in [3.63, 3.8) is 0 Å². The van der Waals surface area contributed by atoms with E-state index in [4.69, 9.17) is 32.5 Å². The number of ether oxygens (including phenoxy) is 1. The molecule has 1 aliphatic carbocycles. The molecule has 1 N–H and O–H groups in total. The van der Waals surface area contributed by atoms with Gasteiger partial charge in [-0.3, -0.25) is 9.51 Å². The molecule has 2 aliphatic rings. The van der Waals surface area contributed by atoms with E-state index in [9.17, 15) is 4.79 Å². The van der Waals surface area contributed by atoms with Crippen LogP contribution in [0.2, 0.25) is 10.0 Å². The number of nitrogens with one attached hydrogen (secondary N) is 1. The first-order valence-corrected chi connectivity index (χ1v) is 12.6. The fourth-order valence-corrected chi connectivity index (χ4v) is 5.14. The molecule has 4 heterocycles. The third-order valence-corrected chi connectivity index (χ3v) is 7.29. The summed E-state index contributed by atoms with van der Waals surface area (Å²) in [4.78, 5) is 20.5. The quantitative estimate of drug-likeness (QED) is 0.337. The van der Waals surface area contributed by atoms with E-state index in [0.717, 1.165) is 55.9 Å². The minimum atomic E-state index is -0.589. The number of pyridine rings is 1. The Bertz CT molecular complexity index is 1400. The predicted octanol–water partition coefficient (Wildman–Crippen LogP) is 5.45. The van der Waals surface area contributed by atoms with E-state index in [2.05, 4.69) is 29.7 Å². The smallest absolute Gasteiger partial charge is 0.373 e. The third-order valence-electron chi connectivity index (χ3n) is 6.66. The molecular formula is C25H23Cl2N5O4. The first kappa shape index (κ1) is 23.3. The molecule has 0 spiro atoms. The summed E-state index contributed by atoms with van der Waals surface area (Å²) in [6.07, 6.45) is 5.71. The van der Waals surface area contributed by atoms with Gasteiger partial charge in [-0.25, -0.2) is 9.78 Å². The predicted molar refractivity (Wildman–Crippen MR) is 134 cm³/mol. The largest absolute Gasteiger partial charge is 0.439 e. The van der Waals surface area contributed by atoms with Gasteiger partial charge in [-0.15, -0.1) is 0 Å². The summed E-state index contributed by atoms with van der Waals surface area (Å²) in [5.74, 6) is 1.92. The van der Waals surface area contributed by atoms with Gasteiger partial charge in [0.25, 0.3) is 0 Å². The maximum Gasteiger partial charge on any atom is 0.439 e. The number of hydrogen-bond acceptors (Lipinski definition) is 8. The fraction of sp³-hybridized carbons (Fsp3) is 0.360. The standard InChI is InChI=1S/C25H23Cl2N5O4/c26-18-2-1-3-19(27)21(18)22-17(23(35-30-22)14-4-5-14)13-34-16-8-10-32(11-9-16)20-7-6-15(12-28-20)24-29-25(33)36-31-24/h1-3,6-7,12,14,16H,4-5,8-11,13H2,(H,29,31,33). The summed E-state index contributed by atoms with van der Waals surface area (Å²) < 4.78 is 16.7. The van der Waals surface area contributed by atoms with Crippen LogP contribution in [-0.4, -0.2) is 39.5 Å². The second-order valence-corrected chi connectivity index (χ2v) is 9.91. The molecule has 1 aliphatic heterocycles. The van der Waals surface area contributed by atoms with Crippen molar-refractivity contribution in [2.24, 2.45) is 0 Å². The second-order valence-electron chi connectivity index (χ2n) is 9.09. The average molecular weight is 528 g/mol. The Morgan fingerprint density at radius 2 is 1.81 bits per heavy atom. The van der Waals surface area contributed by atoms with E-state index < -0.39 is 5.76 Å². The summed E-state index contributed by atoms with van der Waals surface area (Å²) in [5, 5.41) is 9.13. The topological polar surface area (TPSA) is 110 Å². The van der Waals surface area contributed by atoms with Crippen LogP contribution in [0.1, 0.15) is 42.9 Å². The maximum absolute atomic E-state index is 11.2. The highest BCUT2D eigenvalue weighted by atomic mass is 35.5. The van der Waals surface area contributed by atoms with Gasteiger partial charge < -0.3 is 14.2 Å². The first-order chi connectivity index (χ1) is 17.6. The third kappa shape index (κ3) is 4.66. The summed E-state index contributed by atoms with van der Waals surface area (Å²) in [6, 6.07) is 9.21. The number of piperidine rings is 1. The molecule has 1 saturated heterocycles. The molecule has 0 radical (unpaired) electrons. The molecule has 6 rings (SSSR count). The highest BCUT2D eigenvalue weighted by Crippen LogP contribution is 2.46. The molecule has 0 unspecified atom stereocenters. The van der Waals surface area contributed by atoms with Crippen molar-refractivity contribution in [3.8, 4) is 22.6 Å². The Hall–Kier alpha value is -3.14. The van der Waals surface area contributed by atoms with Gasteiger partial charge in [0.05, 0.1) is 22.8 Å². The zero-order valence-electron chi connectivity index (χ0n) is 19.2. The van der Waals surface area contributed by atoms with Crippen molar-refractivity contribution < 1.29 is 13.8 Å². The van der Waals surface area contributed by atoms with Gasteiger partial charge in [-0.05, 0) is 49.9 Å². The summed E-state index contributed by atoms with van der Waals surface area (Å²) >= 11 is 12.9. The van der Waals surface area contributed by atoms with Crippen molar-refractivity contribution >= 4 is 29.0 Å². The van der Waals surface area contributed by atoms with E-state index in [1.165, 1.54) is 0 Å². The Kier molecular flexibility index (Phi) is 6.29. The minimum absolute atomic E-state index is 0.109. The van der Waals surface area contributed by atoms with Crippen molar-refractivity contribution in [3.05, 3.63) is 68.4 Å². The average Bonchev–Trinajstić information content (AvgIpc) is 3.51. The van der Waals surface area contributed by atoms with Crippen LogP contribution in [0.15, 0.2) is 50.4 Å². The molecular weight excluding hydrogens is 505 g/mol. The van der Waals surface area contributed by atoms with E-state index in [0.29, 0.717) is 45.2 Å². The summed E-state index contributed by atoms with van der Waals surface area (Å²) in [7, 11) is 0. The Morgan fingerprint density at radius 1 is 1.03 bits per heavy atom. The highest BCUT2D eigenvalue weighted by Gasteiger charge is 2.34. The molecule has 0 atom stereocenters. The lowest BCUT2D eigenvalue weighted by atomic mass is 10.0. The molecule has 9 nitrogen and oxygen atoms in total. The summed E-state index contributed by atoms with van der Waals surface area (Å²) in [5.41, 5.74) is 2.99. The molecule has 4 aromatic rings. The van der Waals surface area contributed by atoms with Crippen molar-refractivity contribution in [1.82, 2.24) is 20.3 Å². The van der Waals surface area contributed by atoms with Crippen molar-refractivity contribution in [2.75, 3.05) is 18.0 Å². The van der Waals surface area contributed by atoms with Crippen LogP contribution < -0.4 is 10.7 Å². The molecule has 0 amide bonds. The maximum atomic E-state index is 11.2. The van der Waals surface area contributed by atoms with Crippen LogP contribution in [-0.2, 0) is 11.3 Å². The van der Waals surface area contributed by atoms with Gasteiger partial charge in [0.1, 0.15) is 17.3 Å². The van der Waals surface area contributed by atoms with Gasteiger partial charge in [-0.2, -0.15) is 0 Å². The number of aromatic nitrogens is 4. The van der Waals surface area contributed by atoms with Crippen LogP contribution in [0, 0.1) is 0 Å². The number of aromatic amines is 1. The van der Waals surface area contributed by atoms with E-state index in [1.807, 2.05) is 18.2 Å². The molecule has 0 bridgehead atoms. The SMILES string of the molecule is O=c1[nH]c(-c2ccc(N3CCC(OCc4c(-c5c(Cl)cccc5Cl)noc4C4CC4)CC3)nc2)no1. The normalized spacial score (nSPS) is 16.6. The van der Waals surface area contributed by atoms with E-state index in [-0.39, 0.29) is 6.10 Å². The molecule has 3 aromatic heterocycles. The van der Waals surface area contributed by atoms with Crippen LogP contribution in [0.4, 0.5) is 5.82 Å². The van der Waals surface area contributed by atoms with Gasteiger partial charge in [0.2, 0.25) is 0 Å². The molecule has 1 aromatic carbocycles. The highest BCUT2D eigenvalue weighted by molar-refractivity contribution is 6.39. The Balaban J connectivity index is 1.11. The number of benzene rings is 1. The van der Waals surface area contributed by atoms with Gasteiger partial charge in [0, 0.05) is 41.9 Å². The van der Waals surface area contributed by atoms with Crippen LogP contribution in [0.25, 0.3) is 22.6 Å². The number of halogens is 2. The Labute approximate surface area is 216 Å². The number of hydrogen-bond donors (Lipinski definition) is 1. The molecule has 186 valence electrons. The van der Waals surface area contributed by atoms with Crippen LogP contribution >= 0.6 is 23.2 Å². The van der Waals surface area contributed by atoms with Crippen molar-refractivity contribution in [1.29, 1.82) is 0 Å². The van der Waals surface area contributed by atoms with E-state index in [1.54, 1.807) is 18.3 Å². The Morgan fingerprint density at radius 3 is 2.44 bits per heavy atom. The first-order valence-electron chi connectivity index (χ1n) is 11.9. The lowest BCUT2D eigenvalue weighted by molar-refractivity contribution is 0.0245. The van der Waals surface area contributed by atoms with Crippen LogP contribution in [0.3, 0.4) is 0 Å². The molecule has 1 saturated carbocycles. The van der Waals surface area contributed by atoms with Crippen LogP contribution in [0.5, 0.6) is 0 Å². The summed E-state index contributed by atoms with van der Waals surface area (Å²) in [6.45, 7) is 2.04. The molecule has 36 heavy (non-hydrogen) atoms.